The van der Waals surface area contributed by atoms with E-state index in [-0.39, 0.29) is 23.6 Å². The summed E-state index contributed by atoms with van der Waals surface area (Å²) in [6.07, 6.45) is 4.21. The van der Waals surface area contributed by atoms with Crippen molar-refractivity contribution in [2.75, 3.05) is 14.2 Å². The standard InChI is InChI=1S/C21H24O5/c1-6-7-15-11-21(25-5)13(3)19(18(12(15)2)20(23)26-21)14-8-9-16(22)17(10-14)24-4/h6,8-11,13,18-19,22H,1-2,7H2,3-5H3. The number of aromatic hydroxyl groups is 1. The van der Waals surface area contributed by atoms with Crippen LogP contribution in [-0.4, -0.2) is 31.1 Å². The Morgan fingerprint density at radius 1 is 1.38 bits per heavy atom. The van der Waals surface area contributed by atoms with Gasteiger partial charge in [-0.1, -0.05) is 25.6 Å². The van der Waals surface area contributed by atoms with Crippen molar-refractivity contribution in [2.45, 2.75) is 25.0 Å². The molecule has 0 amide bonds. The number of esters is 1. The average molecular weight is 356 g/mol. The van der Waals surface area contributed by atoms with Crippen LogP contribution in [-0.2, 0) is 14.3 Å². The lowest BCUT2D eigenvalue weighted by Crippen LogP contribution is -2.51. The second kappa shape index (κ2) is 6.65. The third-order valence-corrected chi connectivity index (χ3v) is 5.48. The second-order valence-electron chi connectivity index (χ2n) is 6.76. The zero-order chi connectivity index (χ0) is 19.1. The van der Waals surface area contributed by atoms with E-state index in [1.807, 2.05) is 13.0 Å². The van der Waals surface area contributed by atoms with Crippen LogP contribution in [0.2, 0.25) is 0 Å². The molecule has 1 N–H and O–H groups in total. The molecule has 0 saturated carbocycles. The maximum absolute atomic E-state index is 12.8. The van der Waals surface area contributed by atoms with Crippen molar-refractivity contribution in [2.24, 2.45) is 11.8 Å². The van der Waals surface area contributed by atoms with Gasteiger partial charge in [0.2, 0.25) is 5.79 Å². The minimum Gasteiger partial charge on any atom is -0.504 e. The maximum atomic E-state index is 12.8. The van der Waals surface area contributed by atoms with Crippen molar-refractivity contribution in [1.29, 1.82) is 0 Å². The molecular formula is C21H24O5. The maximum Gasteiger partial charge on any atom is 0.316 e. The van der Waals surface area contributed by atoms with Crippen LogP contribution < -0.4 is 4.74 Å². The quantitative estimate of drug-likeness (QED) is 0.644. The van der Waals surface area contributed by atoms with Gasteiger partial charge in [0.25, 0.3) is 0 Å². The molecule has 1 aromatic carbocycles. The van der Waals surface area contributed by atoms with Gasteiger partial charge in [-0.15, -0.1) is 6.58 Å². The third-order valence-electron chi connectivity index (χ3n) is 5.48. The van der Waals surface area contributed by atoms with Crippen LogP contribution in [0.15, 0.2) is 54.7 Å². The van der Waals surface area contributed by atoms with E-state index in [0.717, 1.165) is 16.7 Å². The molecule has 1 aromatic rings. The summed E-state index contributed by atoms with van der Waals surface area (Å²) in [5.41, 5.74) is 2.48. The molecule has 2 bridgehead atoms. The zero-order valence-electron chi connectivity index (χ0n) is 15.3. The number of ether oxygens (including phenoxy) is 3. The number of benzene rings is 1. The van der Waals surface area contributed by atoms with Crippen LogP contribution in [0.3, 0.4) is 0 Å². The largest absolute Gasteiger partial charge is 0.504 e. The number of methoxy groups -OCH3 is 2. The van der Waals surface area contributed by atoms with Gasteiger partial charge in [0.15, 0.2) is 11.5 Å². The fourth-order valence-electron chi connectivity index (χ4n) is 4.07. The first-order chi connectivity index (χ1) is 12.4. The molecule has 0 aromatic heterocycles. The van der Waals surface area contributed by atoms with E-state index < -0.39 is 11.7 Å². The van der Waals surface area contributed by atoms with Gasteiger partial charge in [-0.2, -0.15) is 0 Å². The van der Waals surface area contributed by atoms with Crippen LogP contribution in [0.4, 0.5) is 0 Å². The van der Waals surface area contributed by atoms with Crippen molar-refractivity contribution >= 4 is 5.97 Å². The van der Waals surface area contributed by atoms with Crippen molar-refractivity contribution in [3.63, 3.8) is 0 Å². The van der Waals surface area contributed by atoms with E-state index in [4.69, 9.17) is 14.2 Å². The van der Waals surface area contributed by atoms with Gasteiger partial charge in [-0.25, -0.2) is 0 Å². The van der Waals surface area contributed by atoms with Gasteiger partial charge < -0.3 is 19.3 Å². The fourth-order valence-corrected chi connectivity index (χ4v) is 4.07. The number of fused-ring (bicyclic) bond motifs is 3. The summed E-state index contributed by atoms with van der Waals surface area (Å²) in [4.78, 5) is 12.8. The lowest BCUT2D eigenvalue weighted by Gasteiger charge is -2.44. The molecule has 4 unspecified atom stereocenters. The molecule has 4 rings (SSSR count). The number of carbonyl (C=O) groups is 1. The second-order valence-corrected chi connectivity index (χ2v) is 6.76. The summed E-state index contributed by atoms with van der Waals surface area (Å²) in [6.45, 7) is 9.97. The van der Waals surface area contributed by atoms with Gasteiger partial charge in [0, 0.05) is 18.9 Å². The Bertz CT molecular complexity index is 794. The normalized spacial score (nSPS) is 30.4. The van der Waals surface area contributed by atoms with Gasteiger partial charge in [-0.05, 0) is 41.3 Å². The molecule has 5 heteroatoms. The highest BCUT2D eigenvalue weighted by Crippen LogP contribution is 2.53. The summed E-state index contributed by atoms with van der Waals surface area (Å²) in [5, 5.41) is 9.92. The van der Waals surface area contributed by atoms with Crippen molar-refractivity contribution in [3.05, 3.63) is 60.2 Å². The topological polar surface area (TPSA) is 65.0 Å². The van der Waals surface area contributed by atoms with Crippen molar-refractivity contribution in [3.8, 4) is 11.5 Å². The summed E-state index contributed by atoms with van der Waals surface area (Å²) in [6, 6.07) is 5.14. The third kappa shape index (κ3) is 2.63. The highest BCUT2D eigenvalue weighted by atomic mass is 16.7. The molecule has 2 heterocycles. The first-order valence-electron chi connectivity index (χ1n) is 8.55. The summed E-state index contributed by atoms with van der Waals surface area (Å²) in [5.74, 6) is -2.03. The van der Waals surface area contributed by atoms with E-state index in [2.05, 4.69) is 13.2 Å². The Balaban J connectivity index is 2.18. The molecule has 3 aliphatic rings. The molecule has 0 radical (unpaired) electrons. The number of hydrogen-bond acceptors (Lipinski definition) is 5. The minimum atomic E-state index is -1.17. The molecule has 4 atom stereocenters. The van der Waals surface area contributed by atoms with Crippen molar-refractivity contribution < 1.29 is 24.1 Å². The Hall–Kier alpha value is -2.53. The Kier molecular flexibility index (Phi) is 4.67. The van der Waals surface area contributed by atoms with Gasteiger partial charge in [-0.3, -0.25) is 4.79 Å². The summed E-state index contributed by atoms with van der Waals surface area (Å²) < 4.78 is 16.7. The zero-order valence-corrected chi connectivity index (χ0v) is 15.3. The lowest BCUT2D eigenvalue weighted by atomic mass is 9.71. The van der Waals surface area contributed by atoms with Crippen LogP contribution in [0.25, 0.3) is 0 Å². The minimum absolute atomic E-state index is 0.0519. The smallest absolute Gasteiger partial charge is 0.316 e. The predicted molar refractivity (Wildman–Crippen MR) is 97.9 cm³/mol. The van der Waals surface area contributed by atoms with Crippen LogP contribution in [0.1, 0.15) is 24.8 Å². The number of hydrogen-bond donors (Lipinski definition) is 1. The number of carbonyl (C=O) groups excluding carboxylic acids is 1. The molecule has 1 saturated heterocycles. The number of phenolic OH excluding ortho intramolecular Hbond substituents is 1. The number of allylic oxidation sites excluding steroid dienone is 2. The highest BCUT2D eigenvalue weighted by Gasteiger charge is 2.56. The molecular weight excluding hydrogens is 332 g/mol. The Morgan fingerprint density at radius 3 is 2.73 bits per heavy atom. The molecule has 26 heavy (non-hydrogen) atoms. The molecule has 1 aliphatic carbocycles. The van der Waals surface area contributed by atoms with E-state index in [1.54, 1.807) is 24.3 Å². The van der Waals surface area contributed by atoms with Crippen LogP contribution >= 0.6 is 0 Å². The van der Waals surface area contributed by atoms with Gasteiger partial charge in [0.1, 0.15) is 0 Å². The molecule has 5 nitrogen and oxygen atoms in total. The molecule has 138 valence electrons. The van der Waals surface area contributed by atoms with E-state index in [1.165, 1.54) is 14.2 Å². The number of phenols is 1. The highest BCUT2D eigenvalue weighted by molar-refractivity contribution is 5.81. The predicted octanol–water partition coefficient (Wildman–Crippen LogP) is 3.71. The fraction of sp³-hybridized carbons (Fsp3) is 0.381. The van der Waals surface area contributed by atoms with E-state index >= 15 is 0 Å². The van der Waals surface area contributed by atoms with Crippen molar-refractivity contribution in [1.82, 2.24) is 0 Å². The van der Waals surface area contributed by atoms with Gasteiger partial charge in [0.05, 0.1) is 13.0 Å². The number of rotatable bonds is 5. The molecule has 1 fully saturated rings. The summed E-state index contributed by atoms with van der Waals surface area (Å²) in [7, 11) is 3.03. The molecule has 0 spiro atoms. The van der Waals surface area contributed by atoms with Crippen LogP contribution in [0, 0.1) is 11.8 Å². The molecule has 2 aliphatic heterocycles. The van der Waals surface area contributed by atoms with Crippen LogP contribution in [0.5, 0.6) is 11.5 Å². The Labute approximate surface area is 153 Å². The monoisotopic (exact) mass is 356 g/mol. The van der Waals surface area contributed by atoms with E-state index in [0.29, 0.717) is 12.2 Å². The lowest BCUT2D eigenvalue weighted by molar-refractivity contribution is -0.239. The summed E-state index contributed by atoms with van der Waals surface area (Å²) >= 11 is 0. The first kappa shape index (κ1) is 18.3. The SMILES string of the molecule is C=CCC1=CC2(OC)OC(=O)C(C1=C)C(c1ccc(O)c(OC)c1)C2C. The first-order valence-corrected chi connectivity index (χ1v) is 8.55. The Morgan fingerprint density at radius 2 is 2.12 bits per heavy atom. The van der Waals surface area contributed by atoms with Gasteiger partial charge >= 0.3 is 5.97 Å². The average Bonchev–Trinajstić information content (AvgIpc) is 2.78. The van der Waals surface area contributed by atoms with E-state index in [9.17, 15) is 9.90 Å².